The number of rotatable bonds is 77. The van der Waals surface area contributed by atoms with Crippen molar-refractivity contribution in [2.45, 2.75) is 426 Å². The van der Waals surface area contributed by atoms with Crippen LogP contribution in [0.1, 0.15) is 408 Å². The predicted molar refractivity (Wildman–Crippen MR) is 395 cm³/mol. The predicted octanol–water partition coefficient (Wildman–Crippen LogP) is 23.1. The summed E-state index contributed by atoms with van der Waals surface area (Å²) in [6.07, 6.45) is 58.4. The third-order valence-electron chi connectivity index (χ3n) is 18.6. The summed E-state index contributed by atoms with van der Waals surface area (Å²) in [6, 6.07) is 0. The molecule has 0 aromatic rings. The molecule has 17 nitrogen and oxygen atoms in total. The van der Waals surface area contributed by atoms with Crippen molar-refractivity contribution in [3.05, 3.63) is 0 Å². The molecule has 3 N–H and O–H groups in total. The van der Waals surface area contributed by atoms with Gasteiger partial charge in [-0.3, -0.25) is 37.3 Å². The minimum absolute atomic E-state index is 0.105. The van der Waals surface area contributed by atoms with E-state index in [1.807, 2.05) is 0 Å². The van der Waals surface area contributed by atoms with Crippen molar-refractivity contribution in [3.8, 4) is 0 Å². The van der Waals surface area contributed by atoms with Gasteiger partial charge >= 0.3 is 39.5 Å². The minimum atomic E-state index is -4.96. The molecule has 97 heavy (non-hydrogen) atoms. The molecule has 0 radical (unpaired) electrons. The van der Waals surface area contributed by atoms with Crippen LogP contribution in [0.3, 0.4) is 0 Å². The second-order valence-electron chi connectivity index (χ2n) is 28.8. The lowest BCUT2D eigenvalue weighted by Gasteiger charge is -2.21. The van der Waals surface area contributed by atoms with Crippen LogP contribution in [0, 0.1) is 11.8 Å². The molecule has 6 atom stereocenters. The largest absolute Gasteiger partial charge is 0.472 e. The Morgan fingerprint density at radius 1 is 0.299 bits per heavy atom. The number of ether oxygens (including phenoxy) is 4. The lowest BCUT2D eigenvalue weighted by Crippen LogP contribution is -2.30. The van der Waals surface area contributed by atoms with E-state index in [9.17, 15) is 43.2 Å². The maximum atomic E-state index is 13.1. The van der Waals surface area contributed by atoms with E-state index in [0.29, 0.717) is 25.7 Å². The van der Waals surface area contributed by atoms with Crippen molar-refractivity contribution < 1.29 is 80.2 Å². The molecule has 0 aromatic carbocycles. The van der Waals surface area contributed by atoms with E-state index in [4.69, 9.17) is 37.0 Å². The van der Waals surface area contributed by atoms with Crippen LogP contribution in [0.2, 0.25) is 0 Å². The van der Waals surface area contributed by atoms with Crippen LogP contribution in [0.25, 0.3) is 0 Å². The van der Waals surface area contributed by atoms with Gasteiger partial charge in [-0.05, 0) is 37.5 Å². The van der Waals surface area contributed by atoms with Crippen molar-refractivity contribution in [1.82, 2.24) is 0 Å². The number of unbranched alkanes of at least 4 members (excludes halogenated alkanes) is 46. The molecule has 0 rings (SSSR count). The van der Waals surface area contributed by atoms with E-state index in [0.717, 1.165) is 102 Å². The summed E-state index contributed by atoms with van der Waals surface area (Å²) < 4.78 is 68.5. The topological polar surface area (TPSA) is 237 Å². The summed E-state index contributed by atoms with van der Waals surface area (Å²) in [5.41, 5.74) is 0. The van der Waals surface area contributed by atoms with Crippen LogP contribution in [-0.4, -0.2) is 96.7 Å². The molecular weight excluding hydrogens is 1270 g/mol. The minimum Gasteiger partial charge on any atom is -0.462 e. The van der Waals surface area contributed by atoms with Gasteiger partial charge in [0.05, 0.1) is 26.4 Å². The monoisotopic (exact) mass is 1420 g/mol. The number of phosphoric ester groups is 2. The van der Waals surface area contributed by atoms with Crippen LogP contribution < -0.4 is 0 Å². The van der Waals surface area contributed by atoms with Crippen LogP contribution in [-0.2, 0) is 65.4 Å². The standard InChI is InChI=1S/C78H152O17P2/c1-7-10-12-14-16-18-20-21-22-23-24-25-26-27-28-29-30-31-37-44-50-56-62-77(82)94-73(66-89-76(81)61-55-49-43-36-33-32-34-40-46-52-58-70(4)5)68-92-96(84,85)90-64-72(79)65-91-97(86,87)93-69-74(67-88-75(80)60-54-48-42-35-19-17-15-13-11-8-2)95-78(83)63-57-51-45-39-38-41-47-53-59-71(6)9-3/h70-74,79H,7-69H2,1-6H3,(H,84,85)(H,86,87)/t71?,72-,73-,74-/m1/s1. The second kappa shape index (κ2) is 69.8. The van der Waals surface area contributed by atoms with Gasteiger partial charge in [0.1, 0.15) is 19.3 Å². The Morgan fingerprint density at radius 3 is 0.784 bits per heavy atom. The van der Waals surface area contributed by atoms with Gasteiger partial charge in [0, 0.05) is 25.7 Å². The fraction of sp³-hybridized carbons (Fsp3) is 0.949. The lowest BCUT2D eigenvalue weighted by atomic mass is 9.99. The number of hydrogen-bond acceptors (Lipinski definition) is 15. The molecule has 19 heteroatoms. The van der Waals surface area contributed by atoms with Gasteiger partial charge in [0.2, 0.25) is 0 Å². The van der Waals surface area contributed by atoms with E-state index in [-0.39, 0.29) is 25.7 Å². The molecule has 0 aliphatic rings. The smallest absolute Gasteiger partial charge is 0.462 e. The molecule has 3 unspecified atom stereocenters. The van der Waals surface area contributed by atoms with Gasteiger partial charge in [-0.1, -0.05) is 356 Å². The Morgan fingerprint density at radius 2 is 0.526 bits per heavy atom. The van der Waals surface area contributed by atoms with E-state index in [1.54, 1.807) is 0 Å². The Bertz CT molecular complexity index is 1870. The number of phosphoric acid groups is 2. The zero-order valence-electron chi connectivity index (χ0n) is 63.4. The molecular formula is C78H152O17P2. The van der Waals surface area contributed by atoms with Crippen LogP contribution in [0.5, 0.6) is 0 Å². The quantitative estimate of drug-likeness (QED) is 0.0222. The molecule has 0 aliphatic carbocycles. The highest BCUT2D eigenvalue weighted by atomic mass is 31.2. The van der Waals surface area contributed by atoms with Crippen molar-refractivity contribution >= 4 is 39.5 Å². The fourth-order valence-electron chi connectivity index (χ4n) is 12.0. The Hall–Kier alpha value is -1.94. The van der Waals surface area contributed by atoms with Crippen molar-refractivity contribution in [3.63, 3.8) is 0 Å². The van der Waals surface area contributed by atoms with E-state index in [2.05, 4.69) is 41.5 Å². The summed E-state index contributed by atoms with van der Waals surface area (Å²) in [5, 5.41) is 10.6. The van der Waals surface area contributed by atoms with Gasteiger partial charge in [-0.25, -0.2) is 9.13 Å². The zero-order valence-corrected chi connectivity index (χ0v) is 65.2. The third kappa shape index (κ3) is 70.9. The highest BCUT2D eigenvalue weighted by molar-refractivity contribution is 7.47. The van der Waals surface area contributed by atoms with Gasteiger partial charge in [0.15, 0.2) is 12.2 Å². The Kier molecular flexibility index (Phi) is 68.4. The summed E-state index contributed by atoms with van der Waals surface area (Å²) >= 11 is 0. The average Bonchev–Trinajstić information content (AvgIpc) is 1.21. The molecule has 0 bridgehead atoms. The number of carbonyl (C=O) groups is 4. The van der Waals surface area contributed by atoms with E-state index < -0.39 is 97.5 Å². The van der Waals surface area contributed by atoms with Crippen molar-refractivity contribution in [2.24, 2.45) is 11.8 Å². The highest BCUT2D eigenvalue weighted by Crippen LogP contribution is 2.45. The summed E-state index contributed by atoms with van der Waals surface area (Å²) in [7, 11) is -9.91. The summed E-state index contributed by atoms with van der Waals surface area (Å²) in [4.78, 5) is 72.8. The Labute approximate surface area is 594 Å². The number of aliphatic hydroxyl groups excluding tert-OH is 1. The van der Waals surface area contributed by atoms with Crippen LogP contribution in [0.4, 0.5) is 0 Å². The molecule has 0 aliphatic heterocycles. The lowest BCUT2D eigenvalue weighted by molar-refractivity contribution is -0.161. The number of hydrogen-bond donors (Lipinski definition) is 3. The second-order valence-corrected chi connectivity index (χ2v) is 31.7. The molecule has 0 heterocycles. The van der Waals surface area contributed by atoms with E-state index in [1.165, 1.54) is 225 Å². The van der Waals surface area contributed by atoms with Crippen LogP contribution in [0.15, 0.2) is 0 Å². The normalized spacial score (nSPS) is 14.2. The van der Waals surface area contributed by atoms with Crippen molar-refractivity contribution in [1.29, 1.82) is 0 Å². The van der Waals surface area contributed by atoms with Gasteiger partial charge < -0.3 is 33.8 Å². The maximum Gasteiger partial charge on any atom is 0.472 e. The molecule has 0 saturated heterocycles. The molecule has 0 fully saturated rings. The average molecular weight is 1420 g/mol. The molecule has 576 valence electrons. The highest BCUT2D eigenvalue weighted by Gasteiger charge is 2.30. The fourth-order valence-corrected chi connectivity index (χ4v) is 13.6. The number of carbonyl (C=O) groups excluding carboxylic acids is 4. The first kappa shape index (κ1) is 95.1. The first-order chi connectivity index (χ1) is 46.9. The molecule has 0 spiro atoms. The first-order valence-electron chi connectivity index (χ1n) is 40.5. The summed E-state index contributed by atoms with van der Waals surface area (Å²) in [6.45, 7) is 9.58. The summed E-state index contributed by atoms with van der Waals surface area (Å²) in [5.74, 6) is -0.588. The maximum absolute atomic E-state index is 13.1. The number of aliphatic hydroxyl groups is 1. The zero-order chi connectivity index (χ0) is 71.4. The molecule has 0 saturated carbocycles. The third-order valence-corrected chi connectivity index (χ3v) is 20.5. The molecule has 0 aromatic heterocycles. The van der Waals surface area contributed by atoms with Gasteiger partial charge in [-0.2, -0.15) is 0 Å². The number of esters is 4. The van der Waals surface area contributed by atoms with Crippen molar-refractivity contribution in [2.75, 3.05) is 39.6 Å². The van der Waals surface area contributed by atoms with Gasteiger partial charge in [-0.15, -0.1) is 0 Å². The first-order valence-corrected chi connectivity index (χ1v) is 43.5. The Balaban J connectivity index is 5.19. The molecule has 0 amide bonds. The van der Waals surface area contributed by atoms with Gasteiger partial charge in [0.25, 0.3) is 0 Å². The SMILES string of the molecule is CCCCCCCCCCCCCCCCCCCCCCCCC(=O)O[C@H](COC(=O)CCCCCCCCCCCCC(C)C)COP(=O)(O)OC[C@@H](O)COP(=O)(O)OC[C@@H](COC(=O)CCCCCCCCCCCC)OC(=O)CCCCCCCCCCC(C)CC. The van der Waals surface area contributed by atoms with Crippen LogP contribution >= 0.6 is 15.6 Å². The van der Waals surface area contributed by atoms with E-state index >= 15 is 0 Å².